The summed E-state index contributed by atoms with van der Waals surface area (Å²) in [6.45, 7) is 5.80. The van der Waals surface area contributed by atoms with E-state index in [2.05, 4.69) is 10.2 Å². The van der Waals surface area contributed by atoms with Gasteiger partial charge in [0.1, 0.15) is 11.4 Å². The van der Waals surface area contributed by atoms with Crippen LogP contribution in [-0.4, -0.2) is 53.4 Å². The quantitative estimate of drug-likeness (QED) is 0.677. The van der Waals surface area contributed by atoms with Crippen LogP contribution in [0.25, 0.3) is 0 Å². The summed E-state index contributed by atoms with van der Waals surface area (Å²) in [5, 5.41) is 10.8. The second-order valence-electron chi connectivity index (χ2n) is 5.02. The van der Waals surface area contributed by atoms with Crippen LogP contribution >= 0.6 is 0 Å². The molecule has 2 N–H and O–H groups in total. The molecule has 16 heavy (non-hydrogen) atoms. The molecule has 2 bridgehead atoms. The van der Waals surface area contributed by atoms with Gasteiger partial charge in [0.2, 0.25) is 0 Å². The number of amides is 2. The van der Waals surface area contributed by atoms with Gasteiger partial charge in [0.25, 0.3) is 0 Å². The van der Waals surface area contributed by atoms with E-state index in [1.54, 1.807) is 0 Å². The molecule has 0 aromatic heterocycles. The van der Waals surface area contributed by atoms with Gasteiger partial charge in [0.15, 0.2) is 0 Å². The van der Waals surface area contributed by atoms with Crippen LogP contribution in [0.15, 0.2) is 0 Å². The molecule has 0 saturated carbocycles. The van der Waals surface area contributed by atoms with Crippen LogP contribution in [0, 0.1) is 11.3 Å². The van der Waals surface area contributed by atoms with Gasteiger partial charge in [-0.3, -0.25) is 10.7 Å². The molecule has 1 unspecified atom stereocenters. The standard InChI is InChI=1S/C11H18N4O/c1-2-15-10(16)13-9(12)11(15)7-14-5-3-8(11)4-6-14/h8H,2-7H2,1H3,(H2,12,13,16). The van der Waals surface area contributed by atoms with E-state index in [9.17, 15) is 4.79 Å². The van der Waals surface area contributed by atoms with Crippen molar-refractivity contribution in [3.05, 3.63) is 0 Å². The first kappa shape index (κ1) is 10.1. The molecular formula is C11H18N4O. The van der Waals surface area contributed by atoms with Crippen molar-refractivity contribution in [3.8, 4) is 0 Å². The number of hydrogen-bond acceptors (Lipinski definition) is 3. The lowest BCUT2D eigenvalue weighted by molar-refractivity contribution is -0.00154. The average molecular weight is 222 g/mol. The van der Waals surface area contributed by atoms with E-state index < -0.39 is 0 Å². The van der Waals surface area contributed by atoms with Crippen LogP contribution in [0.5, 0.6) is 0 Å². The maximum absolute atomic E-state index is 11.8. The zero-order valence-electron chi connectivity index (χ0n) is 9.62. The Morgan fingerprint density at radius 3 is 2.69 bits per heavy atom. The molecule has 0 aromatic rings. The van der Waals surface area contributed by atoms with Gasteiger partial charge in [-0.05, 0) is 38.8 Å². The van der Waals surface area contributed by atoms with E-state index in [0.717, 1.165) is 32.5 Å². The maximum Gasteiger partial charge on any atom is 0.323 e. The molecule has 2 amide bonds. The number of rotatable bonds is 1. The number of fused-ring (bicyclic) bond motifs is 2. The molecule has 0 radical (unpaired) electrons. The highest BCUT2D eigenvalue weighted by Crippen LogP contribution is 2.42. The molecule has 4 heterocycles. The van der Waals surface area contributed by atoms with Crippen molar-refractivity contribution in [3.63, 3.8) is 0 Å². The molecule has 0 aromatic carbocycles. The van der Waals surface area contributed by atoms with Gasteiger partial charge in [-0.15, -0.1) is 0 Å². The molecule has 0 aliphatic carbocycles. The summed E-state index contributed by atoms with van der Waals surface area (Å²) < 4.78 is 0. The molecule has 1 atom stereocenters. The van der Waals surface area contributed by atoms with Crippen LogP contribution in [0.4, 0.5) is 4.79 Å². The smallest absolute Gasteiger partial charge is 0.310 e. The number of urea groups is 1. The zero-order valence-corrected chi connectivity index (χ0v) is 9.62. The molecule has 4 saturated heterocycles. The normalized spacial score (nSPS) is 41.9. The Morgan fingerprint density at radius 1 is 1.50 bits per heavy atom. The van der Waals surface area contributed by atoms with E-state index in [1.165, 1.54) is 0 Å². The highest BCUT2D eigenvalue weighted by molar-refractivity contribution is 6.09. The average Bonchev–Trinajstić information content (AvgIpc) is 2.52. The van der Waals surface area contributed by atoms with Gasteiger partial charge in [-0.2, -0.15) is 0 Å². The largest absolute Gasteiger partial charge is 0.323 e. The Kier molecular flexibility index (Phi) is 2.01. The molecule has 1 spiro atoms. The Labute approximate surface area is 95.3 Å². The second-order valence-corrected chi connectivity index (χ2v) is 5.02. The lowest BCUT2D eigenvalue weighted by atomic mass is 9.71. The first-order valence-corrected chi connectivity index (χ1v) is 6.08. The van der Waals surface area contributed by atoms with Gasteiger partial charge < -0.3 is 9.80 Å². The van der Waals surface area contributed by atoms with Crippen molar-refractivity contribution < 1.29 is 4.79 Å². The Bertz CT molecular complexity index is 348. The minimum absolute atomic E-state index is 0.0822. The van der Waals surface area contributed by atoms with Crippen LogP contribution in [0.2, 0.25) is 0 Å². The van der Waals surface area contributed by atoms with Crippen LogP contribution in [0.3, 0.4) is 0 Å². The van der Waals surface area contributed by atoms with Crippen LogP contribution in [0.1, 0.15) is 19.8 Å². The maximum atomic E-state index is 11.8. The summed E-state index contributed by atoms with van der Waals surface area (Å²) in [4.78, 5) is 16.1. The molecule has 4 fully saturated rings. The zero-order chi connectivity index (χ0) is 11.3. The van der Waals surface area contributed by atoms with Crippen LogP contribution in [-0.2, 0) is 0 Å². The SMILES string of the molecule is CCN1C(=O)NC(=N)C12CN1CCC2CC1. The monoisotopic (exact) mass is 222 g/mol. The number of carbonyl (C=O) groups excluding carboxylic acids is 1. The van der Waals surface area contributed by atoms with Crippen molar-refractivity contribution in [2.75, 3.05) is 26.2 Å². The van der Waals surface area contributed by atoms with Gasteiger partial charge >= 0.3 is 6.03 Å². The third-order valence-corrected chi connectivity index (χ3v) is 4.44. The van der Waals surface area contributed by atoms with E-state index in [-0.39, 0.29) is 11.6 Å². The van der Waals surface area contributed by atoms with Gasteiger partial charge in [-0.25, -0.2) is 4.79 Å². The summed E-state index contributed by atoms with van der Waals surface area (Å²) in [6, 6.07) is -0.0822. The van der Waals surface area contributed by atoms with Crippen molar-refractivity contribution in [2.24, 2.45) is 5.92 Å². The molecule has 4 rings (SSSR count). The minimum Gasteiger partial charge on any atom is -0.310 e. The Hall–Kier alpha value is -1.10. The fraction of sp³-hybridized carbons (Fsp3) is 0.818. The number of nitrogens with one attached hydrogen (secondary N) is 2. The second kappa shape index (κ2) is 3.20. The highest BCUT2D eigenvalue weighted by Gasteiger charge is 2.58. The third kappa shape index (κ3) is 1.04. The minimum atomic E-state index is -0.331. The van der Waals surface area contributed by atoms with Crippen molar-refractivity contribution >= 4 is 11.9 Å². The molecule has 4 aliphatic heterocycles. The molecular weight excluding hydrogens is 204 g/mol. The van der Waals surface area contributed by atoms with Gasteiger partial charge in [0, 0.05) is 13.1 Å². The van der Waals surface area contributed by atoms with E-state index in [1.807, 2.05) is 11.8 Å². The summed E-state index contributed by atoms with van der Waals surface area (Å²) in [7, 11) is 0. The molecule has 5 nitrogen and oxygen atoms in total. The lowest BCUT2D eigenvalue weighted by Gasteiger charge is -2.53. The van der Waals surface area contributed by atoms with Crippen molar-refractivity contribution in [2.45, 2.75) is 25.3 Å². The van der Waals surface area contributed by atoms with E-state index >= 15 is 0 Å². The summed E-state index contributed by atoms with van der Waals surface area (Å²) in [5.41, 5.74) is -0.331. The first-order valence-electron chi connectivity index (χ1n) is 6.08. The van der Waals surface area contributed by atoms with Crippen LogP contribution < -0.4 is 5.32 Å². The highest BCUT2D eigenvalue weighted by atomic mass is 16.2. The van der Waals surface area contributed by atoms with E-state index in [4.69, 9.17) is 5.41 Å². The number of piperidine rings is 3. The van der Waals surface area contributed by atoms with Gasteiger partial charge in [0.05, 0.1) is 0 Å². The third-order valence-electron chi connectivity index (χ3n) is 4.44. The fourth-order valence-corrected chi connectivity index (χ4v) is 3.65. The number of amidine groups is 1. The van der Waals surface area contributed by atoms with E-state index in [0.29, 0.717) is 18.3 Å². The van der Waals surface area contributed by atoms with Gasteiger partial charge in [-0.1, -0.05) is 0 Å². The number of nitrogens with zero attached hydrogens (tertiary/aromatic N) is 2. The molecule has 88 valence electrons. The Balaban J connectivity index is 2.02. The lowest BCUT2D eigenvalue weighted by Crippen LogP contribution is -2.68. The number of hydrogen-bond donors (Lipinski definition) is 2. The predicted octanol–water partition coefficient (Wildman–Crippen LogP) is 0.473. The topological polar surface area (TPSA) is 59.4 Å². The van der Waals surface area contributed by atoms with Crippen molar-refractivity contribution in [1.29, 1.82) is 5.41 Å². The first-order chi connectivity index (χ1) is 7.68. The number of likely N-dealkylation sites (N-methyl/N-ethyl adjacent to an activating group) is 1. The molecule has 5 heteroatoms. The Morgan fingerprint density at radius 2 is 2.19 bits per heavy atom. The van der Waals surface area contributed by atoms with Crippen molar-refractivity contribution in [1.82, 2.24) is 15.1 Å². The number of carbonyl (C=O) groups is 1. The molecule has 4 aliphatic rings. The summed E-state index contributed by atoms with van der Waals surface area (Å²) in [5.74, 6) is 0.901. The summed E-state index contributed by atoms with van der Waals surface area (Å²) in [6.07, 6.45) is 2.24. The predicted molar refractivity (Wildman–Crippen MR) is 60.5 cm³/mol. The fourth-order valence-electron chi connectivity index (χ4n) is 3.65. The summed E-state index contributed by atoms with van der Waals surface area (Å²) >= 11 is 0.